The molecule has 2 aromatic carbocycles. The summed E-state index contributed by atoms with van der Waals surface area (Å²) >= 11 is 13.7. The Morgan fingerprint density at radius 1 is 0.809 bits per heavy atom. The summed E-state index contributed by atoms with van der Waals surface area (Å²) < 4.78 is 43.5. The minimum absolute atomic E-state index is 0.0770. The van der Waals surface area contributed by atoms with E-state index in [-0.39, 0.29) is 60.5 Å². The third kappa shape index (κ3) is 11.3. The van der Waals surface area contributed by atoms with Gasteiger partial charge in [-0.3, -0.25) is 9.59 Å². The van der Waals surface area contributed by atoms with Crippen LogP contribution in [0.1, 0.15) is 103 Å². The minimum atomic E-state index is -2.81. The zero-order valence-corrected chi connectivity index (χ0v) is 41.1. The van der Waals surface area contributed by atoms with Crippen molar-refractivity contribution in [3.05, 3.63) is 70.5 Å². The quantitative estimate of drug-likeness (QED) is 0.0955. The predicted octanol–water partition coefficient (Wildman–Crippen LogP) is 9.99. The molecule has 1 saturated carbocycles. The van der Waals surface area contributed by atoms with E-state index in [0.29, 0.717) is 67.1 Å². The van der Waals surface area contributed by atoms with Crippen LogP contribution < -0.4 is 10.6 Å². The molecule has 7 rings (SSSR count). The Hall–Kier alpha value is -5.26. The fourth-order valence-electron chi connectivity index (χ4n) is 9.91. The molecule has 0 radical (unpaired) electrons. The van der Waals surface area contributed by atoms with Gasteiger partial charge in [0.05, 0.1) is 26.3 Å². The zero-order chi connectivity index (χ0) is 49.0. The first-order chi connectivity index (χ1) is 32.4. The SMILES string of the molecule is COC(=O)N[C@H](C(=O)N(C)[C@@H](CC(C)C)c1nc(-c2ccc(-c3ccc(-c4nc([C@@H]5CC(C)[C@@H](C)N5C(=O)[C@@H](NC(=O)OC)C5CCOCC5)[nH]c4Cl)cc3)cc2)c(Cl)[nH]1)C1CCC(F)(F)CC1. The molecule has 0 bridgehead atoms. The maximum Gasteiger partial charge on any atom is 0.407 e. The number of carbonyl (C=O) groups is 4. The number of alkyl halides is 2. The number of H-pyrrole nitrogens is 2. The molecule has 2 aliphatic heterocycles. The van der Waals surface area contributed by atoms with E-state index < -0.39 is 54.1 Å². The third-order valence-electron chi connectivity index (χ3n) is 14.0. The van der Waals surface area contributed by atoms with Gasteiger partial charge in [-0.25, -0.2) is 28.3 Å². The molecule has 2 saturated heterocycles. The Bertz CT molecular complexity index is 2400. The van der Waals surface area contributed by atoms with Gasteiger partial charge < -0.3 is 44.6 Å². The number of carbonyl (C=O) groups excluding carboxylic acids is 4. The molecule has 1 unspecified atom stereocenters. The van der Waals surface area contributed by atoms with Gasteiger partial charge in [0.2, 0.25) is 17.7 Å². The highest BCUT2D eigenvalue weighted by molar-refractivity contribution is 6.32. The Morgan fingerprint density at radius 2 is 1.31 bits per heavy atom. The number of halogens is 4. The van der Waals surface area contributed by atoms with Crippen LogP contribution in [0, 0.1) is 23.7 Å². The molecule has 3 aliphatic rings. The van der Waals surface area contributed by atoms with Crippen molar-refractivity contribution in [1.82, 2.24) is 40.4 Å². The van der Waals surface area contributed by atoms with Crippen LogP contribution in [0.5, 0.6) is 0 Å². The number of hydrogen-bond acceptors (Lipinski definition) is 9. The molecule has 0 spiro atoms. The minimum Gasteiger partial charge on any atom is -0.453 e. The fraction of sp³-hybridized carbons (Fsp3) is 0.551. The van der Waals surface area contributed by atoms with Crippen molar-refractivity contribution in [3.63, 3.8) is 0 Å². The highest BCUT2D eigenvalue weighted by Gasteiger charge is 2.46. The van der Waals surface area contributed by atoms with Crippen LogP contribution in [0.3, 0.4) is 0 Å². The Labute approximate surface area is 405 Å². The Morgan fingerprint density at radius 3 is 1.85 bits per heavy atom. The Balaban J connectivity index is 1.07. The molecule has 3 fully saturated rings. The number of ether oxygens (including phenoxy) is 3. The summed E-state index contributed by atoms with van der Waals surface area (Å²) in [6.07, 6.45) is 0.395. The lowest BCUT2D eigenvalue weighted by molar-refractivity contribution is -0.139. The summed E-state index contributed by atoms with van der Waals surface area (Å²) in [7, 11) is 4.10. The molecule has 15 nitrogen and oxygen atoms in total. The second kappa shape index (κ2) is 21.6. The lowest BCUT2D eigenvalue weighted by Crippen LogP contribution is -2.54. The highest BCUT2D eigenvalue weighted by atomic mass is 35.5. The lowest BCUT2D eigenvalue weighted by Gasteiger charge is -2.37. The van der Waals surface area contributed by atoms with Crippen LogP contribution in [0.25, 0.3) is 33.6 Å². The average molecular weight is 984 g/mol. The maximum atomic E-state index is 14.4. The summed E-state index contributed by atoms with van der Waals surface area (Å²) in [6.45, 7) is 9.18. The van der Waals surface area contributed by atoms with Crippen molar-refractivity contribution in [1.29, 1.82) is 0 Å². The molecule has 68 heavy (non-hydrogen) atoms. The van der Waals surface area contributed by atoms with Crippen molar-refractivity contribution in [2.75, 3.05) is 34.5 Å². The monoisotopic (exact) mass is 982 g/mol. The van der Waals surface area contributed by atoms with E-state index in [4.69, 9.17) is 47.4 Å². The van der Waals surface area contributed by atoms with Gasteiger partial charge in [0, 0.05) is 50.3 Å². The first-order valence-corrected chi connectivity index (χ1v) is 24.1. The summed E-state index contributed by atoms with van der Waals surface area (Å²) in [5, 5.41) is 6.07. The largest absolute Gasteiger partial charge is 0.453 e. The van der Waals surface area contributed by atoms with Crippen LogP contribution in [-0.4, -0.2) is 112 Å². The van der Waals surface area contributed by atoms with Crippen LogP contribution in [0.2, 0.25) is 10.3 Å². The molecule has 2 aromatic heterocycles. The number of aromatic amines is 2. The highest BCUT2D eigenvalue weighted by Crippen LogP contribution is 2.43. The van der Waals surface area contributed by atoms with Gasteiger partial charge in [-0.05, 0) is 80.2 Å². The fourth-order valence-corrected chi connectivity index (χ4v) is 10.4. The lowest BCUT2D eigenvalue weighted by atomic mass is 9.81. The Kier molecular flexibility index (Phi) is 16.1. The van der Waals surface area contributed by atoms with E-state index in [1.54, 1.807) is 7.05 Å². The second-order valence-electron chi connectivity index (χ2n) is 18.9. The molecule has 4 N–H and O–H groups in total. The predicted molar refractivity (Wildman–Crippen MR) is 254 cm³/mol. The molecule has 6 atom stereocenters. The topological polar surface area (TPSA) is 184 Å². The number of benzene rings is 2. The summed E-state index contributed by atoms with van der Waals surface area (Å²) in [5.41, 5.74) is 4.43. The van der Waals surface area contributed by atoms with Gasteiger partial charge in [-0.2, -0.15) is 0 Å². The molecule has 4 heterocycles. The number of hydrogen-bond donors (Lipinski definition) is 4. The van der Waals surface area contributed by atoms with Gasteiger partial charge in [-0.1, -0.05) is 92.5 Å². The molecular weight excluding hydrogens is 921 g/mol. The number of likely N-dealkylation sites (N-methyl/N-ethyl adjacent to an activating group) is 1. The number of nitrogens with zero attached hydrogens (tertiary/aromatic N) is 4. The molecule has 1 aliphatic carbocycles. The number of nitrogens with one attached hydrogen (secondary N) is 4. The summed E-state index contributed by atoms with van der Waals surface area (Å²) in [5.74, 6) is -2.72. The van der Waals surface area contributed by atoms with Crippen LogP contribution in [0.4, 0.5) is 18.4 Å². The number of likely N-dealkylation sites (tertiary alicyclic amines) is 1. The summed E-state index contributed by atoms with van der Waals surface area (Å²) in [6, 6.07) is 12.7. The van der Waals surface area contributed by atoms with E-state index in [2.05, 4.69) is 27.5 Å². The van der Waals surface area contributed by atoms with Gasteiger partial charge in [-0.15, -0.1) is 0 Å². The van der Waals surface area contributed by atoms with Crippen molar-refractivity contribution < 1.29 is 42.2 Å². The number of aromatic nitrogens is 4. The standard InChI is InChI=1S/C49H62Cl2F2N8O7/c1-26(2)24-35(60(5)45(62)39(56-47(64)66-6)33-16-20-49(52,53)21-17-33)43-54-37(41(50)58-43)31-12-8-29(9-13-31)30-10-14-32(15-11-30)38-42(51)59-44(55-38)36-25-27(3)28(4)61(36)46(63)40(57-48(65)67-7)34-18-22-68-23-19-34/h8-15,26-28,33-36,39-40H,16-25H2,1-7H3,(H,54,58)(H,55,59)(H,56,64)(H,57,65)/t27?,28-,35+,36+,39+,40+/m1/s1. The normalized spacial score (nSPS) is 21.2. The zero-order valence-electron chi connectivity index (χ0n) is 39.5. The number of rotatable bonds is 14. The summed E-state index contributed by atoms with van der Waals surface area (Å²) in [4.78, 5) is 73.1. The van der Waals surface area contributed by atoms with Gasteiger partial charge in [0.25, 0.3) is 0 Å². The number of methoxy groups -OCH3 is 2. The van der Waals surface area contributed by atoms with E-state index >= 15 is 0 Å². The second-order valence-corrected chi connectivity index (χ2v) is 19.7. The average Bonchev–Trinajstić information content (AvgIpc) is 4.01. The van der Waals surface area contributed by atoms with E-state index in [9.17, 15) is 28.0 Å². The van der Waals surface area contributed by atoms with E-state index in [0.717, 1.165) is 22.3 Å². The molecule has 19 heteroatoms. The first kappa shape index (κ1) is 50.6. The molecule has 368 valence electrons. The number of imidazole rings is 2. The van der Waals surface area contributed by atoms with E-state index in [1.807, 2.05) is 74.2 Å². The van der Waals surface area contributed by atoms with Crippen molar-refractivity contribution in [2.24, 2.45) is 23.7 Å². The van der Waals surface area contributed by atoms with Crippen molar-refractivity contribution in [3.8, 4) is 33.6 Å². The number of amides is 4. The number of alkyl carbamates (subject to hydrolysis) is 2. The van der Waals surface area contributed by atoms with Gasteiger partial charge >= 0.3 is 12.2 Å². The molecule has 4 aromatic rings. The van der Waals surface area contributed by atoms with Crippen LogP contribution >= 0.6 is 23.2 Å². The van der Waals surface area contributed by atoms with Gasteiger partial charge in [0.15, 0.2) is 0 Å². The molecule has 4 amide bonds. The third-order valence-corrected chi connectivity index (χ3v) is 14.6. The maximum absolute atomic E-state index is 14.4. The van der Waals surface area contributed by atoms with E-state index in [1.165, 1.54) is 19.1 Å². The molecular formula is C49H62Cl2F2N8O7. The van der Waals surface area contributed by atoms with Crippen LogP contribution in [0.15, 0.2) is 48.5 Å². The van der Waals surface area contributed by atoms with Gasteiger partial charge in [0.1, 0.15) is 45.4 Å². The van der Waals surface area contributed by atoms with Crippen molar-refractivity contribution >= 4 is 47.2 Å². The first-order valence-electron chi connectivity index (χ1n) is 23.3. The smallest absolute Gasteiger partial charge is 0.407 e. The van der Waals surface area contributed by atoms with Crippen LogP contribution in [-0.2, 0) is 23.8 Å². The van der Waals surface area contributed by atoms with Crippen molar-refractivity contribution in [2.45, 2.75) is 115 Å².